The average molecular weight is 338 g/mol. The van der Waals surface area contributed by atoms with Crippen molar-refractivity contribution in [2.75, 3.05) is 34.5 Å². The van der Waals surface area contributed by atoms with Gasteiger partial charge in [0.1, 0.15) is 0 Å². The molecule has 0 unspecified atom stereocenters. The summed E-state index contributed by atoms with van der Waals surface area (Å²) < 4.78 is 33.6. The Morgan fingerprint density at radius 1 is 0.944 bits per heavy atom. The van der Waals surface area contributed by atoms with Crippen LogP contribution in [-0.4, -0.2) is 52.7 Å². The van der Waals surface area contributed by atoms with E-state index in [0.717, 1.165) is 47.2 Å². The lowest BCUT2D eigenvalue weighted by molar-refractivity contribution is -0.432. The lowest BCUT2D eigenvalue weighted by Gasteiger charge is -2.01. The predicted octanol–water partition coefficient (Wildman–Crippen LogP) is 2.19. The summed E-state index contributed by atoms with van der Waals surface area (Å²) in [6.45, 7) is 0. The monoisotopic (exact) mass is 338 g/mol. The maximum atomic E-state index is 10.4. The largest absolute Gasteiger partial charge is 0.286 e. The summed E-state index contributed by atoms with van der Waals surface area (Å²) in [5.74, 6) is 4.34. The van der Waals surface area contributed by atoms with E-state index in [1.165, 1.54) is 0 Å². The van der Waals surface area contributed by atoms with Crippen LogP contribution >= 0.6 is 35.6 Å². The van der Waals surface area contributed by atoms with Crippen molar-refractivity contribution < 1.29 is 27.6 Å². The van der Waals surface area contributed by atoms with Gasteiger partial charge in [0.2, 0.25) is 0 Å². The molecule has 0 bridgehead atoms. The molecule has 0 heterocycles. The van der Waals surface area contributed by atoms with Crippen molar-refractivity contribution >= 4 is 45.7 Å². The Labute approximate surface area is 120 Å². The fourth-order valence-electron chi connectivity index (χ4n) is 0.941. The Hall–Kier alpha value is 0.840. The van der Waals surface area contributed by atoms with E-state index in [0.29, 0.717) is 6.42 Å². The quantitative estimate of drug-likeness (QED) is 0.172. The lowest BCUT2D eigenvalue weighted by atomic mass is 10.6. The van der Waals surface area contributed by atoms with Crippen molar-refractivity contribution in [2.24, 2.45) is 0 Å². The van der Waals surface area contributed by atoms with Crippen LogP contribution in [0.3, 0.4) is 0 Å². The van der Waals surface area contributed by atoms with Gasteiger partial charge in [-0.1, -0.05) is 5.04 Å². The van der Waals surface area contributed by atoms with Crippen molar-refractivity contribution in [1.29, 1.82) is 0 Å². The van der Waals surface area contributed by atoms with Crippen molar-refractivity contribution in [3.8, 4) is 0 Å². The SMILES string of the molecule is O=S(=O)(O)CCCSCCSCCCSOOO. The van der Waals surface area contributed by atoms with Crippen LogP contribution in [-0.2, 0) is 19.5 Å². The molecule has 0 aliphatic rings. The maximum absolute atomic E-state index is 10.4. The highest BCUT2D eigenvalue weighted by molar-refractivity contribution is 8.03. The Morgan fingerprint density at radius 2 is 1.56 bits per heavy atom. The smallest absolute Gasteiger partial charge is 0.264 e. The van der Waals surface area contributed by atoms with Crippen LogP contribution in [0.15, 0.2) is 0 Å². The Kier molecular flexibility index (Phi) is 13.5. The summed E-state index contributed by atoms with van der Waals surface area (Å²) in [6, 6.07) is 0. The van der Waals surface area contributed by atoms with Crippen molar-refractivity contribution in [3.05, 3.63) is 0 Å². The summed E-state index contributed by atoms with van der Waals surface area (Å²) in [4.78, 5) is 0. The van der Waals surface area contributed by atoms with Crippen molar-refractivity contribution in [1.82, 2.24) is 0 Å². The topological polar surface area (TPSA) is 93.1 Å². The van der Waals surface area contributed by atoms with Gasteiger partial charge in [-0.15, -0.1) is 4.33 Å². The summed E-state index contributed by atoms with van der Waals surface area (Å²) in [5, 5.41) is 11.3. The summed E-state index contributed by atoms with van der Waals surface area (Å²) in [7, 11) is -3.80. The van der Waals surface area contributed by atoms with Crippen LogP contribution in [0.5, 0.6) is 0 Å². The molecule has 0 amide bonds. The van der Waals surface area contributed by atoms with E-state index >= 15 is 0 Å². The van der Waals surface area contributed by atoms with Gasteiger partial charge in [0.25, 0.3) is 10.1 Å². The molecular formula is C8H18O6S4. The van der Waals surface area contributed by atoms with E-state index in [2.05, 4.69) is 9.37 Å². The molecule has 0 saturated heterocycles. The van der Waals surface area contributed by atoms with Gasteiger partial charge in [0, 0.05) is 29.3 Å². The molecule has 18 heavy (non-hydrogen) atoms. The predicted molar refractivity (Wildman–Crippen MR) is 77.6 cm³/mol. The Morgan fingerprint density at radius 3 is 2.11 bits per heavy atom. The standard InChI is InChI=1S/C8H18O6S4/c9-13-14-17-5-1-3-15-6-7-16-4-2-8-18(10,11)12/h9H,1-8H2,(H,10,11,12). The summed E-state index contributed by atoms with van der Waals surface area (Å²) in [5.41, 5.74) is 0. The highest BCUT2D eigenvalue weighted by Crippen LogP contribution is 2.12. The zero-order chi connectivity index (χ0) is 13.7. The van der Waals surface area contributed by atoms with Gasteiger partial charge in [-0.3, -0.25) is 4.55 Å². The number of hydrogen-bond acceptors (Lipinski definition) is 8. The minimum atomic E-state index is -3.80. The first-order valence-electron chi connectivity index (χ1n) is 5.26. The number of hydrogen-bond donors (Lipinski definition) is 2. The molecule has 0 fully saturated rings. The van der Waals surface area contributed by atoms with Crippen LogP contribution in [0, 0.1) is 0 Å². The van der Waals surface area contributed by atoms with Gasteiger partial charge in [-0.05, 0) is 24.3 Å². The van der Waals surface area contributed by atoms with Crippen LogP contribution < -0.4 is 0 Å². The molecule has 0 atom stereocenters. The number of thioether (sulfide) groups is 2. The zero-order valence-corrected chi connectivity index (χ0v) is 13.1. The summed E-state index contributed by atoms with van der Waals surface area (Å²) in [6.07, 6.45) is 1.45. The first kappa shape index (κ1) is 18.8. The molecule has 6 nitrogen and oxygen atoms in total. The second-order valence-electron chi connectivity index (χ2n) is 3.18. The first-order chi connectivity index (χ1) is 8.56. The Balaban J connectivity index is 3.03. The third-order valence-corrected chi connectivity index (χ3v) is 5.47. The second-order valence-corrected chi connectivity index (χ2v) is 7.98. The maximum Gasteiger partial charge on any atom is 0.264 e. The molecule has 0 radical (unpaired) electrons. The molecule has 0 aromatic heterocycles. The zero-order valence-electron chi connectivity index (χ0n) is 9.82. The molecule has 0 rings (SSSR count). The van der Waals surface area contributed by atoms with Crippen molar-refractivity contribution in [3.63, 3.8) is 0 Å². The molecule has 110 valence electrons. The van der Waals surface area contributed by atoms with Gasteiger partial charge in [0.05, 0.1) is 5.75 Å². The highest BCUT2D eigenvalue weighted by Gasteiger charge is 2.02. The molecule has 0 saturated carbocycles. The molecule has 0 spiro atoms. The summed E-state index contributed by atoms with van der Waals surface area (Å²) >= 11 is 4.56. The van der Waals surface area contributed by atoms with E-state index < -0.39 is 10.1 Å². The van der Waals surface area contributed by atoms with Gasteiger partial charge >= 0.3 is 0 Å². The second kappa shape index (κ2) is 12.9. The van der Waals surface area contributed by atoms with Gasteiger partial charge < -0.3 is 0 Å². The normalized spacial score (nSPS) is 11.9. The van der Waals surface area contributed by atoms with Crippen LogP contribution in [0.2, 0.25) is 0 Å². The van der Waals surface area contributed by atoms with Gasteiger partial charge in [-0.25, -0.2) is 5.26 Å². The van der Waals surface area contributed by atoms with E-state index in [-0.39, 0.29) is 5.75 Å². The average Bonchev–Trinajstić information content (AvgIpc) is 2.29. The molecule has 0 aromatic carbocycles. The molecule has 2 N–H and O–H groups in total. The van der Waals surface area contributed by atoms with E-state index in [4.69, 9.17) is 9.81 Å². The number of rotatable bonds is 13. The third-order valence-electron chi connectivity index (χ3n) is 1.66. The highest BCUT2D eigenvalue weighted by atomic mass is 32.2. The van der Waals surface area contributed by atoms with Crippen LogP contribution in [0.25, 0.3) is 0 Å². The van der Waals surface area contributed by atoms with E-state index in [1.54, 1.807) is 11.8 Å². The molecule has 0 aromatic rings. The Bertz CT molecular complexity index is 271. The van der Waals surface area contributed by atoms with E-state index in [9.17, 15) is 8.42 Å². The lowest BCUT2D eigenvalue weighted by Crippen LogP contribution is -2.04. The van der Waals surface area contributed by atoms with Crippen molar-refractivity contribution in [2.45, 2.75) is 12.8 Å². The van der Waals surface area contributed by atoms with Crippen LogP contribution in [0.1, 0.15) is 12.8 Å². The van der Waals surface area contributed by atoms with E-state index in [1.807, 2.05) is 11.8 Å². The minimum absolute atomic E-state index is 0.155. The van der Waals surface area contributed by atoms with Gasteiger partial charge in [0.15, 0.2) is 0 Å². The molecule has 0 aliphatic carbocycles. The molecular weight excluding hydrogens is 320 g/mol. The third kappa shape index (κ3) is 16.8. The fraction of sp³-hybridized carbons (Fsp3) is 1.00. The van der Waals surface area contributed by atoms with Gasteiger partial charge in [-0.2, -0.15) is 31.9 Å². The first-order valence-corrected chi connectivity index (χ1v) is 10.1. The molecule has 10 heteroatoms. The molecule has 0 aliphatic heterocycles. The minimum Gasteiger partial charge on any atom is -0.286 e. The fourth-order valence-corrected chi connectivity index (χ4v) is 4.24. The van der Waals surface area contributed by atoms with Crippen LogP contribution in [0.4, 0.5) is 0 Å².